The van der Waals surface area contributed by atoms with E-state index in [1.807, 2.05) is 0 Å². The summed E-state index contributed by atoms with van der Waals surface area (Å²) in [7, 11) is 0. The van der Waals surface area contributed by atoms with Crippen LogP contribution in [-0.4, -0.2) is 22.3 Å². The van der Waals surface area contributed by atoms with Crippen LogP contribution in [0.4, 0.5) is 0 Å². The summed E-state index contributed by atoms with van der Waals surface area (Å²) in [5.74, 6) is -0.986. The Morgan fingerprint density at radius 1 is 1.36 bits per heavy atom. The van der Waals surface area contributed by atoms with Gasteiger partial charge in [-0.25, -0.2) is 0 Å². The number of carboxylic acids is 1. The third-order valence-electron chi connectivity index (χ3n) is 1.92. The summed E-state index contributed by atoms with van der Waals surface area (Å²) in [5, 5.41) is 18.1. The molecule has 0 aromatic carbocycles. The molecule has 0 aromatic heterocycles. The van der Waals surface area contributed by atoms with E-state index in [0.717, 1.165) is 0 Å². The van der Waals surface area contributed by atoms with E-state index in [4.69, 9.17) is 5.11 Å². The molecule has 0 aliphatic rings. The number of carboxylic acid groups (broad SMARTS) is 1. The van der Waals surface area contributed by atoms with Gasteiger partial charge < -0.3 is 10.2 Å². The first-order valence-electron chi connectivity index (χ1n) is 3.71. The van der Waals surface area contributed by atoms with E-state index < -0.39 is 17.5 Å². The lowest BCUT2D eigenvalue weighted by molar-refractivity contribution is -0.155. The van der Waals surface area contributed by atoms with Gasteiger partial charge in [-0.15, -0.1) is 0 Å². The molecule has 0 saturated carbocycles. The monoisotopic (exact) mass is 160 g/mol. The Bertz CT molecular complexity index is 149. The van der Waals surface area contributed by atoms with E-state index in [-0.39, 0.29) is 5.92 Å². The van der Waals surface area contributed by atoms with Gasteiger partial charge in [0.1, 0.15) is 0 Å². The zero-order valence-electron chi connectivity index (χ0n) is 7.46. The van der Waals surface area contributed by atoms with E-state index in [2.05, 4.69) is 0 Å². The lowest BCUT2D eigenvalue weighted by Gasteiger charge is -2.28. The van der Waals surface area contributed by atoms with Crippen LogP contribution in [0.3, 0.4) is 0 Å². The molecule has 0 aliphatic heterocycles. The van der Waals surface area contributed by atoms with Gasteiger partial charge in [0.05, 0.1) is 11.5 Å². The molecule has 0 rings (SSSR count). The Morgan fingerprint density at radius 2 is 1.73 bits per heavy atom. The van der Waals surface area contributed by atoms with Crippen molar-refractivity contribution in [3.63, 3.8) is 0 Å². The van der Waals surface area contributed by atoms with E-state index in [1.54, 1.807) is 13.8 Å². The average Bonchev–Trinajstić information content (AvgIpc) is 1.85. The smallest absolute Gasteiger partial charge is 0.311 e. The zero-order chi connectivity index (χ0) is 9.23. The van der Waals surface area contributed by atoms with Crippen molar-refractivity contribution >= 4 is 5.97 Å². The summed E-state index contributed by atoms with van der Waals surface area (Å²) in [4.78, 5) is 10.6. The van der Waals surface area contributed by atoms with Gasteiger partial charge in [-0.2, -0.15) is 0 Å². The number of aliphatic carboxylic acids is 1. The maximum atomic E-state index is 10.6. The molecular weight excluding hydrogens is 144 g/mol. The fraction of sp³-hybridized carbons (Fsp3) is 0.875. The number of aliphatic hydroxyl groups is 1. The van der Waals surface area contributed by atoms with Crippen LogP contribution in [0.15, 0.2) is 0 Å². The van der Waals surface area contributed by atoms with Gasteiger partial charge in [-0.05, 0) is 19.8 Å². The van der Waals surface area contributed by atoms with E-state index in [0.29, 0.717) is 0 Å². The van der Waals surface area contributed by atoms with Crippen molar-refractivity contribution in [2.75, 3.05) is 0 Å². The van der Waals surface area contributed by atoms with Crippen molar-refractivity contribution in [2.24, 2.45) is 11.3 Å². The fourth-order valence-electron chi connectivity index (χ4n) is 0.960. The first-order valence-corrected chi connectivity index (χ1v) is 3.71. The topological polar surface area (TPSA) is 57.5 Å². The minimum Gasteiger partial charge on any atom is -0.481 e. The van der Waals surface area contributed by atoms with Gasteiger partial charge in [0, 0.05) is 0 Å². The van der Waals surface area contributed by atoms with E-state index in [1.165, 1.54) is 13.8 Å². The molecule has 3 nitrogen and oxygen atoms in total. The molecule has 0 spiro atoms. The molecule has 3 heteroatoms. The van der Waals surface area contributed by atoms with Gasteiger partial charge in [-0.3, -0.25) is 4.79 Å². The standard InChI is InChI=1S/C8H16O3/c1-5(2)6(9)8(3,4)7(10)11/h5-6,9H,1-4H3,(H,10,11). The van der Waals surface area contributed by atoms with Crippen LogP contribution in [0.2, 0.25) is 0 Å². The first kappa shape index (κ1) is 10.4. The highest BCUT2D eigenvalue weighted by molar-refractivity contribution is 5.74. The molecule has 1 atom stereocenters. The largest absolute Gasteiger partial charge is 0.481 e. The third-order valence-corrected chi connectivity index (χ3v) is 1.92. The van der Waals surface area contributed by atoms with Crippen molar-refractivity contribution in [1.29, 1.82) is 0 Å². The minimum atomic E-state index is -1.05. The van der Waals surface area contributed by atoms with Gasteiger partial charge in [0.2, 0.25) is 0 Å². The van der Waals surface area contributed by atoms with Crippen molar-refractivity contribution in [3.05, 3.63) is 0 Å². The second kappa shape index (κ2) is 3.22. The summed E-state index contributed by atoms with van der Waals surface area (Å²) >= 11 is 0. The molecule has 0 aromatic rings. The number of hydrogen-bond acceptors (Lipinski definition) is 2. The zero-order valence-corrected chi connectivity index (χ0v) is 7.46. The SMILES string of the molecule is CC(C)C(O)C(C)(C)C(=O)O. The molecular formula is C8H16O3. The Balaban J connectivity index is 4.42. The maximum absolute atomic E-state index is 10.6. The van der Waals surface area contributed by atoms with Gasteiger partial charge in [0.25, 0.3) is 0 Å². The number of hydrogen-bond donors (Lipinski definition) is 2. The molecule has 0 radical (unpaired) electrons. The fourth-order valence-corrected chi connectivity index (χ4v) is 0.960. The second-order valence-corrected chi connectivity index (χ2v) is 3.72. The highest BCUT2D eigenvalue weighted by Crippen LogP contribution is 2.25. The van der Waals surface area contributed by atoms with Crippen molar-refractivity contribution in [1.82, 2.24) is 0 Å². The normalized spacial score (nSPS) is 15.1. The molecule has 0 fully saturated rings. The van der Waals surface area contributed by atoms with Gasteiger partial charge in [-0.1, -0.05) is 13.8 Å². The number of aliphatic hydroxyl groups excluding tert-OH is 1. The first-order chi connectivity index (χ1) is 4.80. The maximum Gasteiger partial charge on any atom is 0.311 e. The Kier molecular flexibility index (Phi) is 3.05. The predicted octanol–water partition coefficient (Wildman–Crippen LogP) is 1.11. The van der Waals surface area contributed by atoms with Crippen molar-refractivity contribution < 1.29 is 15.0 Å². The molecule has 66 valence electrons. The van der Waals surface area contributed by atoms with Gasteiger partial charge >= 0.3 is 5.97 Å². The van der Waals surface area contributed by atoms with Crippen molar-refractivity contribution in [3.8, 4) is 0 Å². The van der Waals surface area contributed by atoms with Crippen LogP contribution >= 0.6 is 0 Å². The predicted molar refractivity (Wildman–Crippen MR) is 42.3 cm³/mol. The quantitative estimate of drug-likeness (QED) is 0.650. The van der Waals surface area contributed by atoms with Crippen LogP contribution in [0.5, 0.6) is 0 Å². The second-order valence-electron chi connectivity index (χ2n) is 3.72. The molecule has 0 aliphatic carbocycles. The van der Waals surface area contributed by atoms with Crippen LogP contribution in [-0.2, 0) is 4.79 Å². The third kappa shape index (κ3) is 2.19. The molecule has 0 heterocycles. The lowest BCUT2D eigenvalue weighted by atomic mass is 9.81. The Labute approximate surface area is 67.0 Å². The number of carbonyl (C=O) groups is 1. The lowest BCUT2D eigenvalue weighted by Crippen LogP contribution is -2.40. The Morgan fingerprint density at radius 3 is 1.82 bits per heavy atom. The van der Waals surface area contributed by atoms with Crippen LogP contribution in [0.1, 0.15) is 27.7 Å². The summed E-state index contributed by atoms with van der Waals surface area (Å²) in [6.45, 7) is 6.66. The molecule has 2 N–H and O–H groups in total. The van der Waals surface area contributed by atoms with Crippen molar-refractivity contribution in [2.45, 2.75) is 33.8 Å². The molecule has 0 bridgehead atoms. The molecule has 1 unspecified atom stereocenters. The summed E-state index contributed by atoms with van der Waals surface area (Å²) in [5.41, 5.74) is -1.05. The Hall–Kier alpha value is -0.570. The van der Waals surface area contributed by atoms with Crippen LogP contribution < -0.4 is 0 Å². The highest BCUT2D eigenvalue weighted by atomic mass is 16.4. The summed E-state index contributed by atoms with van der Waals surface area (Å²) in [6, 6.07) is 0. The van der Waals surface area contributed by atoms with Gasteiger partial charge in [0.15, 0.2) is 0 Å². The number of rotatable bonds is 3. The highest BCUT2D eigenvalue weighted by Gasteiger charge is 2.37. The van der Waals surface area contributed by atoms with Crippen LogP contribution in [0.25, 0.3) is 0 Å². The molecule has 0 saturated heterocycles. The van der Waals surface area contributed by atoms with E-state index in [9.17, 15) is 9.90 Å². The molecule has 11 heavy (non-hydrogen) atoms. The average molecular weight is 160 g/mol. The molecule has 0 amide bonds. The van der Waals surface area contributed by atoms with E-state index >= 15 is 0 Å². The summed E-state index contributed by atoms with van der Waals surface area (Å²) in [6.07, 6.45) is -0.792. The van der Waals surface area contributed by atoms with Crippen LogP contribution in [0, 0.1) is 11.3 Å². The summed E-state index contributed by atoms with van der Waals surface area (Å²) < 4.78 is 0. The minimum absolute atomic E-state index is 0.0268.